The summed E-state index contributed by atoms with van der Waals surface area (Å²) in [5, 5.41) is 11.3. The van der Waals surface area contributed by atoms with Gasteiger partial charge in [0.15, 0.2) is 0 Å². The number of alkyl halides is 3. The number of carbonyl (C=O) groups excluding carboxylic acids is 1. The molecular weight excluding hydrogens is 500 g/mol. The summed E-state index contributed by atoms with van der Waals surface area (Å²) in [5.41, 5.74) is -1.21. The number of halogens is 5. The summed E-state index contributed by atoms with van der Waals surface area (Å²) in [5.74, 6) is -2.67. The molecule has 3 aromatic rings. The third-order valence-corrected chi connectivity index (χ3v) is 6.65. The molecule has 188 valence electrons. The van der Waals surface area contributed by atoms with Gasteiger partial charge in [-0.2, -0.15) is 13.2 Å². The van der Waals surface area contributed by atoms with Crippen LogP contribution in [0, 0.1) is 17.7 Å². The number of anilines is 1. The van der Waals surface area contributed by atoms with Gasteiger partial charge in [0.2, 0.25) is 5.91 Å². The summed E-state index contributed by atoms with van der Waals surface area (Å²) >= 11 is 5.74. The minimum absolute atomic E-state index is 0.0695. The summed E-state index contributed by atoms with van der Waals surface area (Å²) < 4.78 is 55.2. The first-order chi connectivity index (χ1) is 17.0. The zero-order valence-electron chi connectivity index (χ0n) is 18.9. The summed E-state index contributed by atoms with van der Waals surface area (Å²) in [4.78, 5) is 28.4. The van der Waals surface area contributed by atoms with Crippen molar-refractivity contribution >= 4 is 29.2 Å². The maximum absolute atomic E-state index is 14.6. The van der Waals surface area contributed by atoms with E-state index >= 15 is 0 Å². The Hall–Kier alpha value is -3.46. The first kappa shape index (κ1) is 25.6. The normalized spacial score (nSPS) is 17.9. The molecule has 3 atom stereocenters. The van der Waals surface area contributed by atoms with Crippen LogP contribution < -0.4 is 5.32 Å². The van der Waals surface area contributed by atoms with Crippen molar-refractivity contribution in [3.8, 4) is 11.1 Å². The number of rotatable bonds is 7. The molecule has 1 fully saturated rings. The molecule has 0 bridgehead atoms. The van der Waals surface area contributed by atoms with E-state index in [1.54, 1.807) is 0 Å². The monoisotopic (exact) mass is 520 g/mol. The maximum atomic E-state index is 14.6. The van der Waals surface area contributed by atoms with Crippen molar-refractivity contribution in [1.82, 2.24) is 4.98 Å². The Labute approximate surface area is 209 Å². The number of benzene rings is 2. The predicted octanol–water partition coefficient (Wildman–Crippen LogP) is 7.03. The molecule has 2 aromatic carbocycles. The number of carboxylic acid groups (broad SMARTS) is 1. The number of nitrogens with one attached hydrogen (secondary N) is 1. The van der Waals surface area contributed by atoms with Crippen LogP contribution >= 0.6 is 11.6 Å². The highest BCUT2D eigenvalue weighted by Gasteiger charge is 2.38. The molecule has 2 N–H and O–H groups in total. The molecule has 36 heavy (non-hydrogen) atoms. The van der Waals surface area contributed by atoms with E-state index in [1.807, 2.05) is 0 Å². The Bertz CT molecular complexity index is 1290. The van der Waals surface area contributed by atoms with Gasteiger partial charge in [-0.05, 0) is 67.1 Å². The topological polar surface area (TPSA) is 79.3 Å². The molecule has 1 heterocycles. The van der Waals surface area contributed by atoms with Crippen molar-refractivity contribution in [2.45, 2.75) is 31.9 Å². The predicted molar refractivity (Wildman–Crippen MR) is 126 cm³/mol. The molecule has 2 unspecified atom stereocenters. The third-order valence-electron chi connectivity index (χ3n) is 6.36. The number of hydrogen-bond acceptors (Lipinski definition) is 3. The smallest absolute Gasteiger partial charge is 0.417 e. The average Bonchev–Trinajstić information content (AvgIpc) is 3.53. The van der Waals surface area contributed by atoms with Gasteiger partial charge in [-0.3, -0.25) is 9.78 Å². The van der Waals surface area contributed by atoms with E-state index in [-0.39, 0.29) is 17.0 Å². The Balaban J connectivity index is 1.63. The zero-order chi connectivity index (χ0) is 26.2. The number of aromatic nitrogens is 1. The quantitative estimate of drug-likeness (QED) is 0.328. The summed E-state index contributed by atoms with van der Waals surface area (Å²) in [6.07, 6.45) is -2.28. The number of amides is 1. The van der Waals surface area contributed by atoms with Crippen molar-refractivity contribution in [3.05, 3.63) is 82.4 Å². The molecule has 0 radical (unpaired) electrons. The van der Waals surface area contributed by atoms with Gasteiger partial charge in [-0.1, -0.05) is 24.6 Å². The van der Waals surface area contributed by atoms with Crippen LogP contribution in [-0.2, 0) is 11.0 Å². The molecule has 5 nitrogen and oxygen atoms in total. The number of pyridine rings is 1. The highest BCUT2D eigenvalue weighted by atomic mass is 35.5. The first-order valence-corrected chi connectivity index (χ1v) is 11.5. The first-order valence-electron chi connectivity index (χ1n) is 11.1. The fraction of sp³-hybridized carbons (Fsp3) is 0.269. The van der Waals surface area contributed by atoms with Gasteiger partial charge in [0.25, 0.3) is 0 Å². The second kappa shape index (κ2) is 9.89. The van der Waals surface area contributed by atoms with Gasteiger partial charge in [-0.15, -0.1) is 0 Å². The van der Waals surface area contributed by atoms with Gasteiger partial charge in [0.1, 0.15) is 5.82 Å². The Morgan fingerprint density at radius 2 is 1.81 bits per heavy atom. The Morgan fingerprint density at radius 3 is 2.33 bits per heavy atom. The van der Waals surface area contributed by atoms with E-state index in [0.29, 0.717) is 29.6 Å². The van der Waals surface area contributed by atoms with Gasteiger partial charge in [0, 0.05) is 23.0 Å². The van der Waals surface area contributed by atoms with Gasteiger partial charge in [-0.25, -0.2) is 9.18 Å². The van der Waals surface area contributed by atoms with Crippen LogP contribution in [0.25, 0.3) is 11.1 Å². The third kappa shape index (κ3) is 5.51. The number of carbonyl (C=O) groups is 2. The maximum Gasteiger partial charge on any atom is 0.417 e. The van der Waals surface area contributed by atoms with E-state index in [2.05, 4.69) is 17.2 Å². The SMILES string of the molecule is CC1CC1C[C@H](C(=O)Nc1ccc(C(=O)O)cc1)c1ccc(-c2c(C(F)(F)F)ccc(Cl)c2F)cn1. The lowest BCUT2D eigenvalue weighted by Gasteiger charge is -2.18. The summed E-state index contributed by atoms with van der Waals surface area (Å²) in [6.45, 7) is 2.06. The standard InChI is InChI=1S/C26H21ClF4N2O3/c1-13-10-16(13)11-18(24(34)33-17-5-2-14(3-6-17)25(35)36)21-9-4-15(12-32-21)22-19(26(29,30)31)7-8-20(27)23(22)28/h2-9,12-13,16,18H,10-11H2,1H3,(H,33,34)(H,35,36)/t13?,16?,18-/m0/s1. The minimum atomic E-state index is -4.81. The molecule has 0 aliphatic heterocycles. The molecule has 1 aliphatic carbocycles. The second-order valence-corrected chi connectivity index (χ2v) is 9.29. The van der Waals surface area contributed by atoms with Gasteiger partial charge < -0.3 is 10.4 Å². The zero-order valence-corrected chi connectivity index (χ0v) is 19.7. The minimum Gasteiger partial charge on any atom is -0.478 e. The summed E-state index contributed by atoms with van der Waals surface area (Å²) in [7, 11) is 0. The molecule has 10 heteroatoms. The number of hydrogen-bond donors (Lipinski definition) is 2. The van der Waals surface area contributed by atoms with Crippen LogP contribution in [0.1, 0.15) is 47.3 Å². The largest absolute Gasteiger partial charge is 0.478 e. The Kier molecular flexibility index (Phi) is 7.04. The molecule has 0 saturated heterocycles. The van der Waals surface area contributed by atoms with E-state index in [9.17, 15) is 27.2 Å². The molecular formula is C26H21ClF4N2O3. The van der Waals surface area contributed by atoms with E-state index in [0.717, 1.165) is 24.8 Å². The van der Waals surface area contributed by atoms with Crippen LogP contribution in [0.4, 0.5) is 23.2 Å². The summed E-state index contributed by atoms with van der Waals surface area (Å²) in [6, 6.07) is 9.94. The Morgan fingerprint density at radius 1 is 1.14 bits per heavy atom. The molecule has 1 amide bonds. The lowest BCUT2D eigenvalue weighted by Crippen LogP contribution is -2.23. The van der Waals surface area contributed by atoms with Crippen LogP contribution in [0.3, 0.4) is 0 Å². The average molecular weight is 521 g/mol. The van der Waals surface area contributed by atoms with Crippen LogP contribution in [0.5, 0.6) is 0 Å². The van der Waals surface area contributed by atoms with Crippen molar-refractivity contribution in [2.75, 3.05) is 5.32 Å². The molecule has 4 rings (SSSR count). The van der Waals surface area contributed by atoms with Crippen molar-refractivity contribution in [2.24, 2.45) is 11.8 Å². The number of carboxylic acids is 1. The molecule has 1 aromatic heterocycles. The van der Waals surface area contributed by atoms with Crippen molar-refractivity contribution < 1.29 is 32.3 Å². The number of aromatic carboxylic acids is 1. The van der Waals surface area contributed by atoms with Crippen LogP contribution in [-0.4, -0.2) is 22.0 Å². The van der Waals surface area contributed by atoms with Crippen molar-refractivity contribution in [1.29, 1.82) is 0 Å². The van der Waals surface area contributed by atoms with E-state index < -0.39 is 40.0 Å². The van der Waals surface area contributed by atoms with Crippen molar-refractivity contribution in [3.63, 3.8) is 0 Å². The van der Waals surface area contributed by atoms with Crippen LogP contribution in [0.2, 0.25) is 5.02 Å². The van der Waals surface area contributed by atoms with E-state index in [4.69, 9.17) is 16.7 Å². The van der Waals surface area contributed by atoms with E-state index in [1.165, 1.54) is 36.4 Å². The number of nitrogens with zero attached hydrogens (tertiary/aromatic N) is 1. The molecule has 0 spiro atoms. The second-order valence-electron chi connectivity index (χ2n) is 8.89. The lowest BCUT2D eigenvalue weighted by molar-refractivity contribution is -0.137. The highest BCUT2D eigenvalue weighted by molar-refractivity contribution is 6.31. The molecule has 1 aliphatic rings. The fourth-order valence-electron chi connectivity index (χ4n) is 4.15. The van der Waals surface area contributed by atoms with Gasteiger partial charge >= 0.3 is 12.1 Å². The van der Waals surface area contributed by atoms with Gasteiger partial charge in [0.05, 0.1) is 27.8 Å². The fourth-order valence-corrected chi connectivity index (χ4v) is 4.30. The molecule has 1 saturated carbocycles. The lowest BCUT2D eigenvalue weighted by atomic mass is 9.94. The van der Waals surface area contributed by atoms with Crippen LogP contribution in [0.15, 0.2) is 54.7 Å². The highest BCUT2D eigenvalue weighted by Crippen LogP contribution is 2.45.